The van der Waals surface area contributed by atoms with Gasteiger partial charge >= 0.3 is 0 Å². The first kappa shape index (κ1) is 24.6. The molecule has 11 heteroatoms. The van der Waals surface area contributed by atoms with Gasteiger partial charge in [0.05, 0.1) is 26.4 Å². The van der Waals surface area contributed by atoms with E-state index in [1.54, 1.807) is 23.4 Å². The number of carbonyl (C=O) groups excluding carboxylic acids is 2. The maximum absolute atomic E-state index is 15.1. The van der Waals surface area contributed by atoms with E-state index in [1.165, 1.54) is 11.1 Å². The van der Waals surface area contributed by atoms with Crippen LogP contribution in [-0.4, -0.2) is 87.8 Å². The number of hydrazine groups is 1. The highest BCUT2D eigenvalue weighted by molar-refractivity contribution is 5.97. The van der Waals surface area contributed by atoms with Gasteiger partial charge in [-0.3, -0.25) is 9.59 Å². The molecule has 0 aliphatic carbocycles. The number of halogens is 1. The van der Waals surface area contributed by atoms with E-state index in [-0.39, 0.29) is 19.1 Å². The van der Waals surface area contributed by atoms with Crippen LogP contribution in [0.25, 0.3) is 11.1 Å². The fourth-order valence-corrected chi connectivity index (χ4v) is 5.39. The number of alkyl halides is 1. The van der Waals surface area contributed by atoms with E-state index in [9.17, 15) is 14.9 Å². The lowest BCUT2D eigenvalue weighted by Gasteiger charge is -2.46. The fraction of sp³-hybridized carbons (Fsp3) is 0.462. The summed E-state index contributed by atoms with van der Waals surface area (Å²) in [5.41, 5.74) is 5.60. The number of ether oxygens (including phenoxy) is 1. The molecule has 2 amide bonds. The molecule has 2 saturated heterocycles. The first-order valence-corrected chi connectivity index (χ1v) is 12.2. The molecular formula is C26H28FN7O3. The zero-order valence-corrected chi connectivity index (χ0v) is 21.0. The number of amides is 2. The molecule has 37 heavy (non-hydrogen) atoms. The monoisotopic (exact) mass is 505 g/mol. The van der Waals surface area contributed by atoms with E-state index in [0.717, 1.165) is 16.8 Å². The first-order chi connectivity index (χ1) is 17.8. The summed E-state index contributed by atoms with van der Waals surface area (Å²) in [5.74, 6) is 4.48. The van der Waals surface area contributed by atoms with Gasteiger partial charge in [0.1, 0.15) is 22.9 Å². The number of hydrogen-bond acceptors (Lipinski definition) is 7. The van der Waals surface area contributed by atoms with Gasteiger partial charge in [-0.15, -0.1) is 0 Å². The summed E-state index contributed by atoms with van der Waals surface area (Å²) in [6.45, 7) is 4.62. The van der Waals surface area contributed by atoms with Crippen molar-refractivity contribution in [3.05, 3.63) is 35.3 Å². The van der Waals surface area contributed by atoms with Crippen LogP contribution in [0.4, 0.5) is 4.39 Å². The van der Waals surface area contributed by atoms with E-state index < -0.39 is 17.5 Å². The van der Waals surface area contributed by atoms with Crippen molar-refractivity contribution in [2.45, 2.75) is 38.4 Å². The summed E-state index contributed by atoms with van der Waals surface area (Å²) >= 11 is 0. The second-order valence-electron chi connectivity index (χ2n) is 9.55. The molecule has 0 unspecified atom stereocenters. The normalized spacial score (nSPS) is 19.4. The smallest absolute Gasteiger partial charge is 0.298 e. The van der Waals surface area contributed by atoms with Crippen LogP contribution in [0.5, 0.6) is 5.75 Å². The molecule has 3 aliphatic heterocycles. The summed E-state index contributed by atoms with van der Waals surface area (Å²) in [5, 5.41) is 15.8. The largest absolute Gasteiger partial charge is 0.494 e. The third kappa shape index (κ3) is 4.15. The predicted molar refractivity (Wildman–Crippen MR) is 132 cm³/mol. The number of nitriles is 1. The SMILES string of the molecule is CC#CC(=O)N1CC(F)(C(=O)N2CCC(N3NCC(c4cc(OC)c5c(C#N)cnn5c4)=C3C)CC2)C1. The molecule has 5 heterocycles. The van der Waals surface area contributed by atoms with Crippen LogP contribution >= 0.6 is 0 Å². The Morgan fingerprint density at radius 3 is 2.65 bits per heavy atom. The zero-order chi connectivity index (χ0) is 26.3. The van der Waals surface area contributed by atoms with Crippen molar-refractivity contribution < 1.29 is 18.7 Å². The third-order valence-corrected chi connectivity index (χ3v) is 7.39. The van der Waals surface area contributed by atoms with Crippen molar-refractivity contribution >= 4 is 22.9 Å². The van der Waals surface area contributed by atoms with Gasteiger partial charge in [-0.1, -0.05) is 5.92 Å². The molecule has 10 nitrogen and oxygen atoms in total. The van der Waals surface area contributed by atoms with Crippen molar-refractivity contribution in [2.24, 2.45) is 0 Å². The van der Waals surface area contributed by atoms with Gasteiger partial charge in [-0.25, -0.2) is 14.3 Å². The summed E-state index contributed by atoms with van der Waals surface area (Å²) in [4.78, 5) is 27.5. The number of piperidine rings is 1. The zero-order valence-electron chi connectivity index (χ0n) is 21.0. The van der Waals surface area contributed by atoms with Crippen LogP contribution in [0.15, 0.2) is 24.2 Å². The number of aromatic nitrogens is 2. The molecule has 0 radical (unpaired) electrons. The number of hydrogen-bond donors (Lipinski definition) is 1. The lowest BCUT2D eigenvalue weighted by molar-refractivity contribution is -0.162. The van der Waals surface area contributed by atoms with Gasteiger partial charge in [0.15, 0.2) is 0 Å². The Labute approximate surface area is 214 Å². The number of nitrogens with one attached hydrogen (secondary N) is 1. The molecule has 5 rings (SSSR count). The van der Waals surface area contributed by atoms with Gasteiger partial charge in [-0.05, 0) is 44.2 Å². The number of fused-ring (bicyclic) bond motifs is 1. The Kier molecular flexibility index (Phi) is 6.26. The number of allylic oxidation sites excluding steroid dienone is 1. The molecule has 0 atom stereocenters. The standard InChI is InChI=1S/C26H28FN7O3/c1-4-5-23(35)32-15-26(27,16-32)25(36)31-8-6-20(7-9-31)34-17(2)21(13-30-34)18-10-22(37-3)24-19(11-28)12-29-33(24)14-18/h10,12,14,20,30H,6-9,13,15-16H2,1-3H3. The van der Waals surface area contributed by atoms with E-state index in [0.29, 0.717) is 49.3 Å². The number of nitrogens with zero attached hydrogens (tertiary/aromatic N) is 6. The Bertz CT molecular complexity index is 1400. The number of rotatable bonds is 4. The molecule has 0 saturated carbocycles. The topological polar surface area (TPSA) is 106 Å². The van der Waals surface area contributed by atoms with Crippen molar-refractivity contribution in [1.82, 2.24) is 29.8 Å². The number of likely N-dealkylation sites (tertiary alicyclic amines) is 2. The minimum atomic E-state index is -2.03. The molecule has 2 aromatic heterocycles. The van der Waals surface area contributed by atoms with Crippen molar-refractivity contribution in [2.75, 3.05) is 39.8 Å². The van der Waals surface area contributed by atoms with Crippen molar-refractivity contribution in [3.8, 4) is 23.7 Å². The number of pyridine rings is 1. The van der Waals surface area contributed by atoms with Crippen molar-refractivity contribution in [3.63, 3.8) is 0 Å². The molecule has 0 spiro atoms. The molecular weight excluding hydrogens is 477 g/mol. The maximum atomic E-state index is 15.1. The second kappa shape index (κ2) is 9.41. The quantitative estimate of drug-likeness (QED) is 0.625. The van der Waals surface area contributed by atoms with Crippen LogP contribution in [0.2, 0.25) is 0 Å². The highest BCUT2D eigenvalue weighted by atomic mass is 19.1. The maximum Gasteiger partial charge on any atom is 0.298 e. The van der Waals surface area contributed by atoms with Gasteiger partial charge in [0.2, 0.25) is 5.67 Å². The Morgan fingerprint density at radius 1 is 1.27 bits per heavy atom. The average Bonchev–Trinajstić information content (AvgIpc) is 3.49. The van der Waals surface area contributed by atoms with Crippen LogP contribution in [0.1, 0.15) is 37.8 Å². The minimum absolute atomic E-state index is 0.150. The predicted octanol–water partition coefficient (Wildman–Crippen LogP) is 1.33. The van der Waals surface area contributed by atoms with E-state index >= 15 is 4.39 Å². The van der Waals surface area contributed by atoms with E-state index in [2.05, 4.69) is 33.4 Å². The van der Waals surface area contributed by atoms with Crippen LogP contribution in [0.3, 0.4) is 0 Å². The van der Waals surface area contributed by atoms with Gasteiger partial charge in [-0.2, -0.15) is 10.4 Å². The van der Waals surface area contributed by atoms with Gasteiger partial charge < -0.3 is 19.5 Å². The van der Waals surface area contributed by atoms with Gasteiger partial charge in [0, 0.05) is 43.1 Å². The summed E-state index contributed by atoms with van der Waals surface area (Å²) in [6, 6.07) is 4.21. The first-order valence-electron chi connectivity index (χ1n) is 12.2. The molecule has 1 N–H and O–H groups in total. The molecule has 0 aromatic carbocycles. The highest BCUT2D eigenvalue weighted by Gasteiger charge is 2.53. The molecule has 2 fully saturated rings. The van der Waals surface area contributed by atoms with Crippen LogP contribution in [0, 0.1) is 23.2 Å². The van der Waals surface area contributed by atoms with E-state index in [4.69, 9.17) is 4.74 Å². The number of methoxy groups -OCH3 is 1. The number of carbonyl (C=O) groups is 2. The average molecular weight is 506 g/mol. The molecule has 3 aliphatic rings. The van der Waals surface area contributed by atoms with Crippen molar-refractivity contribution in [1.29, 1.82) is 5.26 Å². The van der Waals surface area contributed by atoms with Crippen LogP contribution < -0.4 is 10.2 Å². The van der Waals surface area contributed by atoms with E-state index in [1.807, 2.05) is 19.2 Å². The summed E-state index contributed by atoms with van der Waals surface area (Å²) in [6.07, 6.45) is 4.80. The Morgan fingerprint density at radius 2 is 2.00 bits per heavy atom. The molecule has 2 aromatic rings. The molecule has 192 valence electrons. The Balaban J connectivity index is 1.25. The lowest BCUT2D eigenvalue weighted by atomic mass is 9.92. The highest BCUT2D eigenvalue weighted by Crippen LogP contribution is 2.34. The Hall–Kier alpha value is -4.09. The van der Waals surface area contributed by atoms with Gasteiger partial charge in [0.25, 0.3) is 11.8 Å². The molecule has 0 bridgehead atoms. The summed E-state index contributed by atoms with van der Waals surface area (Å²) in [7, 11) is 1.57. The second-order valence-corrected chi connectivity index (χ2v) is 9.55. The third-order valence-electron chi connectivity index (χ3n) is 7.39. The minimum Gasteiger partial charge on any atom is -0.494 e. The summed E-state index contributed by atoms with van der Waals surface area (Å²) < 4.78 is 22.3. The lowest BCUT2D eigenvalue weighted by Crippen LogP contribution is -2.68. The van der Waals surface area contributed by atoms with Crippen LogP contribution in [-0.2, 0) is 9.59 Å². The fourth-order valence-electron chi connectivity index (χ4n) is 5.39.